The Morgan fingerprint density at radius 2 is 1.58 bits per heavy atom. The first kappa shape index (κ1) is 8.79. The Hall–Kier alpha value is 0.210. The van der Waals surface area contributed by atoms with Crippen LogP contribution in [0.3, 0.4) is 0 Å². The summed E-state index contributed by atoms with van der Waals surface area (Å²) in [5.74, 6) is 0. The third kappa shape index (κ3) is 1.61. The molecule has 0 heterocycles. The van der Waals surface area contributed by atoms with Crippen molar-refractivity contribution in [1.29, 1.82) is 0 Å². The summed E-state index contributed by atoms with van der Waals surface area (Å²) in [6, 6.07) is 0. The molecular weight excluding hydrogens is 174 g/mol. The lowest BCUT2D eigenvalue weighted by Crippen LogP contribution is -2.41. The second kappa shape index (κ2) is 2.86. The second-order valence-corrected chi connectivity index (χ2v) is 4.80. The molecule has 0 radical (unpaired) electrons. The molecule has 2 aliphatic rings. The van der Waals surface area contributed by atoms with Gasteiger partial charge in [-0.15, -0.1) is 0 Å². The van der Waals surface area contributed by atoms with Gasteiger partial charge in [0.25, 0.3) is 0 Å². The fraction of sp³-hybridized carbons (Fsp3) is 1.00. The van der Waals surface area contributed by atoms with E-state index in [9.17, 15) is 5.11 Å². The van der Waals surface area contributed by atoms with Crippen LogP contribution in [0.15, 0.2) is 0 Å². The maximum absolute atomic E-state index is 9.98. The maximum atomic E-state index is 9.98. The van der Waals surface area contributed by atoms with Crippen LogP contribution < -0.4 is 4.84 Å². The molecule has 0 aromatic carbocycles. The van der Waals surface area contributed by atoms with Crippen molar-refractivity contribution in [3.05, 3.63) is 0 Å². The number of rotatable bonds is 2. The SMILES string of the molecule is OC1(CNCl)CCC2(CC1)CC2. The fourth-order valence-corrected chi connectivity index (χ4v) is 2.47. The summed E-state index contributed by atoms with van der Waals surface area (Å²) in [6.07, 6.45) is 7.01. The van der Waals surface area contributed by atoms with Gasteiger partial charge in [0.05, 0.1) is 5.60 Å². The Balaban J connectivity index is 1.87. The van der Waals surface area contributed by atoms with Crippen molar-refractivity contribution in [2.75, 3.05) is 6.54 Å². The van der Waals surface area contributed by atoms with Gasteiger partial charge < -0.3 is 5.11 Å². The molecule has 2 N–H and O–H groups in total. The third-order valence-corrected chi connectivity index (χ3v) is 3.73. The molecule has 2 rings (SSSR count). The molecule has 0 amide bonds. The molecule has 0 unspecified atom stereocenters. The molecule has 0 aromatic heterocycles. The fourth-order valence-electron chi connectivity index (χ4n) is 2.22. The van der Waals surface area contributed by atoms with Crippen molar-refractivity contribution < 1.29 is 5.11 Å². The molecule has 2 fully saturated rings. The number of hydrogen-bond donors (Lipinski definition) is 2. The smallest absolute Gasteiger partial charge is 0.0785 e. The first-order valence-corrected chi connectivity index (χ1v) is 5.12. The number of halogens is 1. The van der Waals surface area contributed by atoms with E-state index >= 15 is 0 Å². The van der Waals surface area contributed by atoms with Crippen LogP contribution in [0, 0.1) is 5.41 Å². The van der Waals surface area contributed by atoms with E-state index in [-0.39, 0.29) is 0 Å². The minimum absolute atomic E-state index is 0.518. The van der Waals surface area contributed by atoms with E-state index in [1.54, 1.807) is 0 Å². The first-order chi connectivity index (χ1) is 5.68. The Morgan fingerprint density at radius 1 is 1.08 bits per heavy atom. The zero-order valence-electron chi connectivity index (χ0n) is 7.27. The summed E-state index contributed by atoms with van der Waals surface area (Å²) < 4.78 is 0. The standard InChI is InChI=1S/C9H16ClNO/c10-11-7-9(12)5-3-8(1-2-8)4-6-9/h11-12H,1-7H2. The highest BCUT2D eigenvalue weighted by atomic mass is 35.5. The van der Waals surface area contributed by atoms with Gasteiger partial charge in [-0.2, -0.15) is 0 Å². The molecule has 1 spiro atoms. The van der Waals surface area contributed by atoms with E-state index in [4.69, 9.17) is 11.8 Å². The van der Waals surface area contributed by atoms with Gasteiger partial charge in [-0.05, 0) is 55.7 Å². The van der Waals surface area contributed by atoms with E-state index in [0.717, 1.165) is 12.8 Å². The van der Waals surface area contributed by atoms with E-state index in [1.165, 1.54) is 25.7 Å². The predicted octanol–water partition coefficient (Wildman–Crippen LogP) is 1.82. The third-order valence-electron chi connectivity index (χ3n) is 3.59. The number of aliphatic hydroxyl groups is 1. The molecule has 2 nitrogen and oxygen atoms in total. The highest BCUT2D eigenvalue weighted by Crippen LogP contribution is 2.57. The molecule has 0 aromatic rings. The first-order valence-electron chi connectivity index (χ1n) is 4.74. The average molecular weight is 190 g/mol. The summed E-state index contributed by atoms with van der Waals surface area (Å²) in [6.45, 7) is 0.532. The Kier molecular flexibility index (Phi) is 2.10. The van der Waals surface area contributed by atoms with Crippen LogP contribution in [0.25, 0.3) is 0 Å². The monoisotopic (exact) mass is 189 g/mol. The molecule has 0 aliphatic heterocycles. The van der Waals surface area contributed by atoms with Crippen LogP contribution in [-0.2, 0) is 0 Å². The van der Waals surface area contributed by atoms with Crippen LogP contribution in [0.1, 0.15) is 38.5 Å². The molecule has 0 atom stereocenters. The topological polar surface area (TPSA) is 32.3 Å². The molecule has 0 saturated heterocycles. The van der Waals surface area contributed by atoms with Crippen molar-refractivity contribution in [2.45, 2.75) is 44.1 Å². The van der Waals surface area contributed by atoms with E-state index in [2.05, 4.69) is 4.84 Å². The summed E-state index contributed by atoms with van der Waals surface area (Å²) in [4.78, 5) is 2.55. The minimum Gasteiger partial charge on any atom is -0.389 e. The van der Waals surface area contributed by atoms with Gasteiger partial charge in [-0.3, -0.25) is 0 Å². The zero-order chi connectivity index (χ0) is 8.66. The zero-order valence-corrected chi connectivity index (χ0v) is 8.03. The summed E-state index contributed by atoms with van der Waals surface area (Å²) >= 11 is 5.40. The predicted molar refractivity (Wildman–Crippen MR) is 48.9 cm³/mol. The lowest BCUT2D eigenvalue weighted by Gasteiger charge is -2.35. The molecule has 70 valence electrons. The van der Waals surface area contributed by atoms with Crippen LogP contribution in [0.2, 0.25) is 0 Å². The van der Waals surface area contributed by atoms with Gasteiger partial charge in [0.2, 0.25) is 0 Å². The lowest BCUT2D eigenvalue weighted by atomic mass is 9.77. The highest BCUT2D eigenvalue weighted by Gasteiger charge is 2.48. The molecule has 3 heteroatoms. The Morgan fingerprint density at radius 3 is 2.00 bits per heavy atom. The molecule has 2 aliphatic carbocycles. The van der Waals surface area contributed by atoms with Gasteiger partial charge in [0.15, 0.2) is 0 Å². The highest BCUT2D eigenvalue weighted by molar-refractivity contribution is 6.13. The van der Waals surface area contributed by atoms with Gasteiger partial charge in [0, 0.05) is 6.54 Å². The quantitative estimate of drug-likeness (QED) is 0.650. The molecule has 0 bridgehead atoms. The normalized spacial score (nSPS) is 30.5. The van der Waals surface area contributed by atoms with Crippen LogP contribution >= 0.6 is 11.8 Å². The van der Waals surface area contributed by atoms with Crippen LogP contribution in [-0.4, -0.2) is 17.3 Å². The van der Waals surface area contributed by atoms with Gasteiger partial charge >= 0.3 is 0 Å². The van der Waals surface area contributed by atoms with Crippen molar-refractivity contribution in [1.82, 2.24) is 4.84 Å². The lowest BCUT2D eigenvalue weighted by molar-refractivity contribution is -0.00822. The maximum Gasteiger partial charge on any atom is 0.0785 e. The number of hydrogen-bond acceptors (Lipinski definition) is 2. The van der Waals surface area contributed by atoms with Crippen LogP contribution in [0.5, 0.6) is 0 Å². The van der Waals surface area contributed by atoms with Gasteiger partial charge in [0.1, 0.15) is 0 Å². The second-order valence-electron chi connectivity index (χ2n) is 4.53. The summed E-state index contributed by atoms with van der Waals surface area (Å²) in [5, 5.41) is 9.98. The van der Waals surface area contributed by atoms with E-state index in [1.807, 2.05) is 0 Å². The van der Waals surface area contributed by atoms with Crippen molar-refractivity contribution in [2.24, 2.45) is 5.41 Å². The van der Waals surface area contributed by atoms with Crippen molar-refractivity contribution in [3.63, 3.8) is 0 Å². The van der Waals surface area contributed by atoms with Crippen molar-refractivity contribution in [3.8, 4) is 0 Å². The Bertz CT molecular complexity index is 169. The van der Waals surface area contributed by atoms with E-state index < -0.39 is 5.60 Å². The minimum atomic E-state index is -0.518. The summed E-state index contributed by atoms with van der Waals surface area (Å²) in [7, 11) is 0. The largest absolute Gasteiger partial charge is 0.389 e. The van der Waals surface area contributed by atoms with Crippen LogP contribution in [0.4, 0.5) is 0 Å². The molecule has 12 heavy (non-hydrogen) atoms. The van der Waals surface area contributed by atoms with E-state index in [0.29, 0.717) is 12.0 Å². The van der Waals surface area contributed by atoms with Crippen molar-refractivity contribution >= 4 is 11.8 Å². The summed E-state index contributed by atoms with van der Waals surface area (Å²) in [5.41, 5.74) is 0.133. The number of nitrogens with one attached hydrogen (secondary N) is 1. The average Bonchev–Trinajstić information content (AvgIpc) is 2.79. The molecular formula is C9H16ClNO. The molecule has 2 saturated carbocycles. The van der Waals surface area contributed by atoms with Gasteiger partial charge in [-0.1, -0.05) is 0 Å². The Labute approximate surface area is 78.4 Å². The van der Waals surface area contributed by atoms with Gasteiger partial charge in [-0.25, -0.2) is 4.84 Å².